The summed E-state index contributed by atoms with van der Waals surface area (Å²) in [6.07, 6.45) is 2.64. The minimum atomic E-state index is 0.888. The van der Waals surface area contributed by atoms with Gasteiger partial charge in [-0.1, -0.05) is 0 Å². The fourth-order valence-corrected chi connectivity index (χ4v) is 2.70. The molecule has 0 aromatic carbocycles. The van der Waals surface area contributed by atoms with E-state index in [1.807, 2.05) is 11.8 Å². The van der Waals surface area contributed by atoms with Gasteiger partial charge in [-0.3, -0.25) is 4.99 Å². The van der Waals surface area contributed by atoms with Crippen LogP contribution in [0.15, 0.2) is 4.99 Å². The van der Waals surface area contributed by atoms with Crippen molar-refractivity contribution in [3.8, 4) is 0 Å². The lowest BCUT2D eigenvalue weighted by Gasteiger charge is -2.15. The van der Waals surface area contributed by atoms with Crippen molar-refractivity contribution in [2.75, 3.05) is 37.7 Å². The summed E-state index contributed by atoms with van der Waals surface area (Å²) in [7, 11) is 0. The third-order valence-electron chi connectivity index (χ3n) is 2.82. The first kappa shape index (κ1) is 10.3. The molecule has 0 radical (unpaired) electrons. The first-order chi connectivity index (χ1) is 6.95. The first-order valence-electron chi connectivity index (χ1n) is 5.51. The standard InChI is InChI=1S/C10H19N3S/c1-3-11-7-9(1)2-4-12-10-8-14-6-5-13-10/h9,11H,1-8H2,(H,12,13). The molecule has 1 fully saturated rings. The Balaban J connectivity index is 1.59. The van der Waals surface area contributed by atoms with Crippen LogP contribution in [0.5, 0.6) is 0 Å². The number of aliphatic imine (C=N–C) groups is 1. The van der Waals surface area contributed by atoms with Crippen LogP contribution in [0.1, 0.15) is 12.8 Å². The zero-order chi connectivity index (χ0) is 9.64. The maximum Gasteiger partial charge on any atom is 0.106 e. The van der Waals surface area contributed by atoms with Gasteiger partial charge in [0, 0.05) is 12.3 Å². The molecule has 1 saturated heterocycles. The molecule has 1 atom stereocenters. The molecule has 4 heteroatoms. The van der Waals surface area contributed by atoms with Gasteiger partial charge in [0.15, 0.2) is 0 Å². The van der Waals surface area contributed by atoms with Crippen LogP contribution in [-0.4, -0.2) is 43.5 Å². The Morgan fingerprint density at radius 2 is 2.57 bits per heavy atom. The Kier molecular flexibility index (Phi) is 4.13. The molecule has 2 N–H and O–H groups in total. The van der Waals surface area contributed by atoms with Crippen LogP contribution < -0.4 is 10.6 Å². The molecule has 2 aliphatic rings. The van der Waals surface area contributed by atoms with E-state index < -0.39 is 0 Å². The van der Waals surface area contributed by atoms with Crippen LogP contribution in [0.25, 0.3) is 0 Å². The molecule has 0 aliphatic carbocycles. The van der Waals surface area contributed by atoms with E-state index >= 15 is 0 Å². The Labute approximate surface area is 90.1 Å². The van der Waals surface area contributed by atoms with Crippen molar-refractivity contribution < 1.29 is 0 Å². The van der Waals surface area contributed by atoms with Gasteiger partial charge in [-0.2, -0.15) is 11.8 Å². The van der Waals surface area contributed by atoms with Gasteiger partial charge in [-0.05, 0) is 31.8 Å². The van der Waals surface area contributed by atoms with E-state index in [0.717, 1.165) is 24.8 Å². The van der Waals surface area contributed by atoms with Crippen LogP contribution in [0.3, 0.4) is 0 Å². The zero-order valence-electron chi connectivity index (χ0n) is 8.59. The van der Waals surface area contributed by atoms with Crippen LogP contribution in [0.4, 0.5) is 0 Å². The van der Waals surface area contributed by atoms with Crippen LogP contribution >= 0.6 is 11.8 Å². The van der Waals surface area contributed by atoms with E-state index in [1.54, 1.807) is 0 Å². The lowest BCUT2D eigenvalue weighted by atomic mass is 10.1. The van der Waals surface area contributed by atoms with Crippen molar-refractivity contribution in [2.24, 2.45) is 10.9 Å². The molecule has 0 aromatic heterocycles. The van der Waals surface area contributed by atoms with E-state index in [2.05, 4.69) is 15.6 Å². The van der Waals surface area contributed by atoms with Gasteiger partial charge in [0.05, 0.1) is 12.3 Å². The SMILES string of the molecule is C1CSCC(NCCC2CCNC2)=N1. The van der Waals surface area contributed by atoms with Gasteiger partial charge in [0.25, 0.3) is 0 Å². The molecular weight excluding hydrogens is 194 g/mol. The maximum absolute atomic E-state index is 4.46. The van der Waals surface area contributed by atoms with Crippen molar-refractivity contribution in [2.45, 2.75) is 12.8 Å². The highest BCUT2D eigenvalue weighted by Crippen LogP contribution is 2.11. The molecule has 2 aliphatic heterocycles. The smallest absolute Gasteiger partial charge is 0.106 e. The number of nitrogens with zero attached hydrogens (tertiary/aromatic N) is 1. The third-order valence-corrected chi connectivity index (χ3v) is 3.77. The summed E-state index contributed by atoms with van der Waals surface area (Å²) in [5, 5.41) is 6.85. The van der Waals surface area contributed by atoms with E-state index in [9.17, 15) is 0 Å². The van der Waals surface area contributed by atoms with Gasteiger partial charge in [-0.25, -0.2) is 0 Å². The Morgan fingerprint density at radius 3 is 3.29 bits per heavy atom. The molecular formula is C10H19N3S. The highest BCUT2D eigenvalue weighted by Gasteiger charge is 2.13. The average molecular weight is 213 g/mol. The van der Waals surface area contributed by atoms with Crippen LogP contribution in [0.2, 0.25) is 0 Å². The van der Waals surface area contributed by atoms with Crippen molar-refractivity contribution >= 4 is 17.6 Å². The topological polar surface area (TPSA) is 36.4 Å². The molecule has 0 aromatic rings. The predicted molar refractivity (Wildman–Crippen MR) is 63.2 cm³/mol. The molecule has 2 rings (SSSR count). The van der Waals surface area contributed by atoms with Crippen LogP contribution in [0, 0.1) is 5.92 Å². The summed E-state index contributed by atoms with van der Waals surface area (Å²) in [6, 6.07) is 0. The number of rotatable bonds is 3. The molecule has 0 bridgehead atoms. The quantitative estimate of drug-likeness (QED) is 0.725. The van der Waals surface area contributed by atoms with Gasteiger partial charge >= 0.3 is 0 Å². The van der Waals surface area contributed by atoms with E-state index in [4.69, 9.17) is 0 Å². The molecule has 14 heavy (non-hydrogen) atoms. The van der Waals surface area contributed by atoms with E-state index in [1.165, 1.54) is 37.5 Å². The summed E-state index contributed by atoms with van der Waals surface area (Å²) in [5.41, 5.74) is 0. The fourth-order valence-electron chi connectivity index (χ4n) is 1.95. The Hall–Kier alpha value is -0.220. The Morgan fingerprint density at radius 1 is 1.57 bits per heavy atom. The largest absolute Gasteiger partial charge is 0.373 e. The number of hydrogen-bond acceptors (Lipinski definition) is 4. The van der Waals surface area contributed by atoms with Crippen molar-refractivity contribution in [1.29, 1.82) is 0 Å². The minimum Gasteiger partial charge on any atom is -0.373 e. The average Bonchev–Trinajstić information content (AvgIpc) is 2.72. The van der Waals surface area contributed by atoms with Gasteiger partial charge in [0.2, 0.25) is 0 Å². The number of nitrogens with one attached hydrogen (secondary N) is 2. The van der Waals surface area contributed by atoms with Crippen LogP contribution in [-0.2, 0) is 0 Å². The lowest BCUT2D eigenvalue weighted by Crippen LogP contribution is -2.30. The molecule has 0 amide bonds. The van der Waals surface area contributed by atoms with Gasteiger partial charge in [0.1, 0.15) is 5.84 Å². The number of amidine groups is 1. The summed E-state index contributed by atoms with van der Waals surface area (Å²) in [4.78, 5) is 4.46. The number of thioether (sulfide) groups is 1. The zero-order valence-corrected chi connectivity index (χ0v) is 9.41. The van der Waals surface area contributed by atoms with Crippen molar-refractivity contribution in [3.63, 3.8) is 0 Å². The molecule has 80 valence electrons. The van der Waals surface area contributed by atoms with E-state index in [0.29, 0.717) is 0 Å². The minimum absolute atomic E-state index is 0.888. The number of hydrogen-bond donors (Lipinski definition) is 2. The molecule has 0 spiro atoms. The third kappa shape index (κ3) is 3.17. The van der Waals surface area contributed by atoms with Crippen molar-refractivity contribution in [1.82, 2.24) is 10.6 Å². The molecule has 1 unspecified atom stereocenters. The second kappa shape index (κ2) is 5.61. The summed E-state index contributed by atoms with van der Waals surface area (Å²) < 4.78 is 0. The van der Waals surface area contributed by atoms with Crippen molar-refractivity contribution in [3.05, 3.63) is 0 Å². The highest BCUT2D eigenvalue weighted by atomic mass is 32.2. The molecule has 2 heterocycles. The second-order valence-electron chi connectivity index (χ2n) is 3.96. The maximum atomic E-state index is 4.46. The Bertz CT molecular complexity index is 200. The van der Waals surface area contributed by atoms with E-state index in [-0.39, 0.29) is 0 Å². The first-order valence-corrected chi connectivity index (χ1v) is 6.66. The second-order valence-corrected chi connectivity index (χ2v) is 5.06. The lowest BCUT2D eigenvalue weighted by molar-refractivity contribution is 0.527. The monoisotopic (exact) mass is 213 g/mol. The predicted octanol–water partition coefficient (Wildman–Crippen LogP) is 0.721. The summed E-state index contributed by atoms with van der Waals surface area (Å²) in [6.45, 7) is 4.52. The molecule has 0 saturated carbocycles. The molecule has 3 nitrogen and oxygen atoms in total. The fraction of sp³-hybridized carbons (Fsp3) is 0.900. The highest BCUT2D eigenvalue weighted by molar-refractivity contribution is 8.00. The van der Waals surface area contributed by atoms with Gasteiger partial charge in [-0.15, -0.1) is 0 Å². The normalized spacial score (nSPS) is 27.4. The van der Waals surface area contributed by atoms with Gasteiger partial charge < -0.3 is 10.6 Å². The summed E-state index contributed by atoms with van der Waals surface area (Å²) in [5.74, 6) is 4.38. The summed E-state index contributed by atoms with van der Waals surface area (Å²) >= 11 is 1.98.